The highest BCUT2D eigenvalue weighted by Gasteiger charge is 2.03. The van der Waals surface area contributed by atoms with E-state index >= 15 is 0 Å². The first-order valence-electron chi connectivity index (χ1n) is 7.48. The van der Waals surface area contributed by atoms with Gasteiger partial charge in [-0.3, -0.25) is 9.59 Å². The zero-order valence-electron chi connectivity index (χ0n) is 12.7. The largest absolute Gasteiger partial charge is 0.396 e. The smallest absolute Gasteiger partial charge is 0.220 e. The molecule has 6 heteroatoms. The molecule has 0 aromatic heterocycles. The first-order chi connectivity index (χ1) is 10.7. The van der Waals surface area contributed by atoms with E-state index in [9.17, 15) is 9.59 Å². The second-order valence-corrected chi connectivity index (χ2v) is 5.03. The molecule has 0 aliphatic carbocycles. The molecule has 0 saturated heterocycles. The van der Waals surface area contributed by atoms with Crippen molar-refractivity contribution < 1.29 is 19.8 Å². The second-order valence-electron chi connectivity index (χ2n) is 5.03. The molecule has 1 aromatic carbocycles. The number of aliphatic hydroxyl groups is 2. The van der Waals surface area contributed by atoms with Gasteiger partial charge < -0.3 is 20.8 Å². The number of hydrogen-bond acceptors (Lipinski definition) is 4. The fraction of sp³-hybridized carbons (Fsp3) is 0.500. The molecule has 4 N–H and O–H groups in total. The number of amides is 2. The van der Waals surface area contributed by atoms with Crippen LogP contribution in [-0.2, 0) is 22.7 Å². The third kappa shape index (κ3) is 7.75. The van der Waals surface area contributed by atoms with E-state index in [0.717, 1.165) is 11.1 Å². The summed E-state index contributed by atoms with van der Waals surface area (Å²) in [7, 11) is 0. The Labute approximate surface area is 130 Å². The Morgan fingerprint density at radius 1 is 0.864 bits per heavy atom. The molecular weight excluding hydrogens is 284 g/mol. The van der Waals surface area contributed by atoms with Crippen LogP contribution in [0.1, 0.15) is 36.8 Å². The van der Waals surface area contributed by atoms with Gasteiger partial charge in [0.2, 0.25) is 11.8 Å². The molecule has 0 saturated carbocycles. The monoisotopic (exact) mass is 308 g/mol. The standard InChI is InChI=1S/C16H24N2O4/c19-8-2-6-15(21)17-11-13-4-1-5-14(10-13)12-18-16(22)7-3-9-20/h1,4-5,10,19-20H,2-3,6-9,11-12H2,(H,17,21)(H,18,22). The number of benzene rings is 1. The third-order valence-electron chi connectivity index (χ3n) is 3.09. The van der Waals surface area contributed by atoms with Crippen LogP contribution in [0.15, 0.2) is 24.3 Å². The summed E-state index contributed by atoms with van der Waals surface area (Å²) in [4.78, 5) is 23.0. The molecule has 122 valence electrons. The van der Waals surface area contributed by atoms with E-state index in [4.69, 9.17) is 10.2 Å². The summed E-state index contributed by atoms with van der Waals surface area (Å²) in [5.74, 6) is -0.173. The zero-order chi connectivity index (χ0) is 16.2. The summed E-state index contributed by atoms with van der Waals surface area (Å²) in [5.41, 5.74) is 1.92. The van der Waals surface area contributed by atoms with E-state index in [-0.39, 0.29) is 25.0 Å². The molecule has 2 amide bonds. The van der Waals surface area contributed by atoms with Gasteiger partial charge in [-0.05, 0) is 24.0 Å². The van der Waals surface area contributed by atoms with Crippen LogP contribution in [0.4, 0.5) is 0 Å². The third-order valence-corrected chi connectivity index (χ3v) is 3.09. The molecule has 1 rings (SSSR count). The first kappa shape index (κ1) is 18.1. The van der Waals surface area contributed by atoms with Crippen LogP contribution in [0.2, 0.25) is 0 Å². The maximum absolute atomic E-state index is 11.5. The fourth-order valence-electron chi connectivity index (χ4n) is 1.91. The van der Waals surface area contributed by atoms with Crippen LogP contribution in [0.3, 0.4) is 0 Å². The van der Waals surface area contributed by atoms with Crippen LogP contribution >= 0.6 is 0 Å². The Bertz CT molecular complexity index is 438. The average molecular weight is 308 g/mol. The lowest BCUT2D eigenvalue weighted by molar-refractivity contribution is -0.122. The lowest BCUT2D eigenvalue weighted by Crippen LogP contribution is -2.24. The molecule has 0 aliphatic heterocycles. The van der Waals surface area contributed by atoms with Crippen molar-refractivity contribution in [3.8, 4) is 0 Å². The average Bonchev–Trinajstić information content (AvgIpc) is 2.54. The van der Waals surface area contributed by atoms with Crippen LogP contribution < -0.4 is 10.6 Å². The molecule has 0 bridgehead atoms. The van der Waals surface area contributed by atoms with Crippen LogP contribution in [0, 0.1) is 0 Å². The van der Waals surface area contributed by atoms with Gasteiger partial charge in [-0.2, -0.15) is 0 Å². The van der Waals surface area contributed by atoms with Crippen molar-refractivity contribution in [2.45, 2.75) is 38.8 Å². The van der Waals surface area contributed by atoms with E-state index in [1.165, 1.54) is 0 Å². The van der Waals surface area contributed by atoms with Gasteiger partial charge in [0, 0.05) is 39.1 Å². The zero-order valence-corrected chi connectivity index (χ0v) is 12.7. The highest BCUT2D eigenvalue weighted by Crippen LogP contribution is 2.05. The number of carbonyl (C=O) groups is 2. The van der Waals surface area contributed by atoms with Gasteiger partial charge in [0.1, 0.15) is 0 Å². The maximum atomic E-state index is 11.5. The highest BCUT2D eigenvalue weighted by molar-refractivity contribution is 5.76. The van der Waals surface area contributed by atoms with Crippen LogP contribution in [0.5, 0.6) is 0 Å². The minimum atomic E-state index is -0.0863. The number of nitrogens with one attached hydrogen (secondary N) is 2. The molecule has 6 nitrogen and oxygen atoms in total. The predicted octanol–water partition coefficient (Wildman–Crippen LogP) is 0.464. The summed E-state index contributed by atoms with van der Waals surface area (Å²) in [5, 5.41) is 22.9. The normalized spacial score (nSPS) is 10.3. The molecular formula is C16H24N2O4. The SMILES string of the molecule is O=C(CCCO)NCc1cccc(CNC(=O)CCCO)c1. The van der Waals surface area contributed by atoms with E-state index in [2.05, 4.69) is 10.6 Å². The van der Waals surface area contributed by atoms with Crippen molar-refractivity contribution in [1.82, 2.24) is 10.6 Å². The van der Waals surface area contributed by atoms with Gasteiger partial charge >= 0.3 is 0 Å². The van der Waals surface area contributed by atoms with E-state index in [1.54, 1.807) is 0 Å². The second kappa shape index (κ2) is 10.8. The molecule has 0 radical (unpaired) electrons. The van der Waals surface area contributed by atoms with Gasteiger partial charge in [0.05, 0.1) is 0 Å². The van der Waals surface area contributed by atoms with E-state index in [1.807, 2.05) is 24.3 Å². The highest BCUT2D eigenvalue weighted by atomic mass is 16.3. The van der Waals surface area contributed by atoms with Crippen molar-refractivity contribution in [3.63, 3.8) is 0 Å². The van der Waals surface area contributed by atoms with Crippen LogP contribution in [0.25, 0.3) is 0 Å². The number of carbonyl (C=O) groups excluding carboxylic acids is 2. The fourth-order valence-corrected chi connectivity index (χ4v) is 1.91. The Morgan fingerprint density at radius 3 is 1.73 bits per heavy atom. The Hall–Kier alpha value is -1.92. The number of aliphatic hydroxyl groups excluding tert-OH is 2. The Morgan fingerprint density at radius 2 is 1.32 bits per heavy atom. The summed E-state index contributed by atoms with van der Waals surface area (Å²) < 4.78 is 0. The van der Waals surface area contributed by atoms with Gasteiger partial charge in [-0.1, -0.05) is 24.3 Å². The molecule has 0 fully saturated rings. The maximum Gasteiger partial charge on any atom is 0.220 e. The van der Waals surface area contributed by atoms with E-state index < -0.39 is 0 Å². The van der Waals surface area contributed by atoms with Crippen molar-refractivity contribution in [2.75, 3.05) is 13.2 Å². The van der Waals surface area contributed by atoms with Crippen molar-refractivity contribution in [3.05, 3.63) is 35.4 Å². The van der Waals surface area contributed by atoms with Crippen molar-refractivity contribution >= 4 is 11.8 Å². The van der Waals surface area contributed by atoms with Gasteiger partial charge in [-0.25, -0.2) is 0 Å². The first-order valence-corrected chi connectivity index (χ1v) is 7.48. The quantitative estimate of drug-likeness (QED) is 0.505. The van der Waals surface area contributed by atoms with E-state index in [0.29, 0.717) is 38.8 Å². The number of rotatable bonds is 10. The molecule has 0 heterocycles. The summed E-state index contributed by atoms with van der Waals surface area (Å²) in [6.07, 6.45) is 1.56. The predicted molar refractivity (Wildman–Crippen MR) is 82.8 cm³/mol. The summed E-state index contributed by atoms with van der Waals surface area (Å²) in [6.45, 7) is 0.880. The molecule has 0 unspecified atom stereocenters. The lowest BCUT2D eigenvalue weighted by atomic mass is 10.1. The minimum absolute atomic E-state index is 0.0128. The minimum Gasteiger partial charge on any atom is -0.396 e. The van der Waals surface area contributed by atoms with Crippen molar-refractivity contribution in [2.24, 2.45) is 0 Å². The summed E-state index contributed by atoms with van der Waals surface area (Å²) in [6, 6.07) is 7.62. The van der Waals surface area contributed by atoms with Gasteiger partial charge in [-0.15, -0.1) is 0 Å². The topological polar surface area (TPSA) is 98.7 Å². The molecule has 0 atom stereocenters. The molecule has 1 aromatic rings. The van der Waals surface area contributed by atoms with Gasteiger partial charge in [0.15, 0.2) is 0 Å². The molecule has 0 aliphatic rings. The molecule has 22 heavy (non-hydrogen) atoms. The van der Waals surface area contributed by atoms with Crippen LogP contribution in [-0.4, -0.2) is 35.2 Å². The van der Waals surface area contributed by atoms with Gasteiger partial charge in [0.25, 0.3) is 0 Å². The Balaban J connectivity index is 2.38. The van der Waals surface area contributed by atoms with Crippen molar-refractivity contribution in [1.29, 1.82) is 0 Å². The Kier molecular flexibility index (Phi) is 8.86. The summed E-state index contributed by atoms with van der Waals surface area (Å²) >= 11 is 0. The number of hydrogen-bond donors (Lipinski definition) is 4. The molecule has 0 spiro atoms. The lowest BCUT2D eigenvalue weighted by Gasteiger charge is -2.08.